The SMILES string of the molecule is COC(=O)c1ncsc1S(=O)(=O)NCC1CCC(O)CC1. The summed E-state index contributed by atoms with van der Waals surface area (Å²) in [6.07, 6.45) is 2.69. The molecule has 1 fully saturated rings. The summed E-state index contributed by atoms with van der Waals surface area (Å²) in [5.74, 6) is -0.560. The van der Waals surface area contributed by atoms with E-state index >= 15 is 0 Å². The van der Waals surface area contributed by atoms with Crippen molar-refractivity contribution in [3.8, 4) is 0 Å². The van der Waals surface area contributed by atoms with Crippen LogP contribution in [0.4, 0.5) is 0 Å². The Kier molecular flexibility index (Phi) is 5.31. The molecule has 1 saturated carbocycles. The Balaban J connectivity index is 2.02. The number of ether oxygens (including phenoxy) is 1. The lowest BCUT2D eigenvalue weighted by molar-refractivity contribution is 0.0590. The van der Waals surface area contributed by atoms with Crippen molar-refractivity contribution in [2.24, 2.45) is 5.92 Å². The molecule has 1 aromatic rings. The van der Waals surface area contributed by atoms with Crippen LogP contribution in [0.5, 0.6) is 0 Å². The number of nitrogens with zero attached hydrogens (tertiary/aromatic N) is 1. The van der Waals surface area contributed by atoms with Gasteiger partial charge in [-0.15, -0.1) is 11.3 Å². The minimum atomic E-state index is -3.77. The fourth-order valence-electron chi connectivity index (χ4n) is 2.30. The second-order valence-corrected chi connectivity index (χ2v) is 7.82. The molecule has 1 aliphatic rings. The third-order valence-electron chi connectivity index (χ3n) is 3.54. The number of methoxy groups -OCH3 is 1. The third kappa shape index (κ3) is 4.00. The molecule has 0 aromatic carbocycles. The van der Waals surface area contributed by atoms with E-state index in [0.29, 0.717) is 19.4 Å². The Labute approximate surface area is 127 Å². The van der Waals surface area contributed by atoms with E-state index in [2.05, 4.69) is 14.4 Å². The van der Waals surface area contributed by atoms with E-state index in [-0.39, 0.29) is 21.9 Å². The van der Waals surface area contributed by atoms with Gasteiger partial charge in [-0.25, -0.2) is 22.9 Å². The first-order valence-corrected chi connectivity index (χ1v) is 9.00. The van der Waals surface area contributed by atoms with E-state index in [4.69, 9.17) is 0 Å². The molecule has 0 bridgehead atoms. The molecule has 0 atom stereocenters. The highest BCUT2D eigenvalue weighted by molar-refractivity contribution is 7.91. The zero-order chi connectivity index (χ0) is 15.5. The van der Waals surface area contributed by atoms with E-state index in [1.54, 1.807) is 0 Å². The summed E-state index contributed by atoms with van der Waals surface area (Å²) < 4.78 is 31.4. The van der Waals surface area contributed by atoms with Crippen molar-refractivity contribution in [1.29, 1.82) is 0 Å². The molecule has 21 heavy (non-hydrogen) atoms. The highest BCUT2D eigenvalue weighted by Crippen LogP contribution is 2.25. The van der Waals surface area contributed by atoms with Crippen LogP contribution in [0, 0.1) is 5.92 Å². The third-order valence-corrected chi connectivity index (χ3v) is 6.33. The summed E-state index contributed by atoms with van der Waals surface area (Å²) in [5.41, 5.74) is 1.12. The van der Waals surface area contributed by atoms with Crippen LogP contribution in [0.2, 0.25) is 0 Å². The number of aromatic nitrogens is 1. The number of rotatable bonds is 5. The van der Waals surface area contributed by atoms with Gasteiger partial charge in [0, 0.05) is 6.54 Å². The monoisotopic (exact) mass is 334 g/mol. The summed E-state index contributed by atoms with van der Waals surface area (Å²) in [4.78, 5) is 15.2. The molecule has 1 aromatic heterocycles. The maximum atomic E-state index is 12.2. The van der Waals surface area contributed by atoms with Gasteiger partial charge in [-0.2, -0.15) is 0 Å². The normalized spacial score (nSPS) is 23.0. The van der Waals surface area contributed by atoms with Crippen LogP contribution in [0.3, 0.4) is 0 Å². The standard InChI is InChI=1S/C12H18N2O5S2/c1-19-11(16)10-12(20-7-13-10)21(17,18)14-6-8-2-4-9(15)5-3-8/h7-9,14-15H,2-6H2,1H3. The molecule has 0 aliphatic heterocycles. The van der Waals surface area contributed by atoms with Gasteiger partial charge in [0.25, 0.3) is 10.0 Å². The maximum Gasteiger partial charge on any atom is 0.358 e. The average molecular weight is 334 g/mol. The molecule has 2 N–H and O–H groups in total. The van der Waals surface area contributed by atoms with E-state index in [1.165, 1.54) is 12.6 Å². The number of hydrogen-bond donors (Lipinski definition) is 2. The van der Waals surface area contributed by atoms with Crippen LogP contribution in [-0.4, -0.2) is 44.2 Å². The number of thiazole rings is 1. The quantitative estimate of drug-likeness (QED) is 0.770. The van der Waals surface area contributed by atoms with Gasteiger partial charge in [0.05, 0.1) is 18.7 Å². The van der Waals surface area contributed by atoms with Crippen molar-refractivity contribution in [2.45, 2.75) is 36.0 Å². The molecule has 0 radical (unpaired) electrons. The smallest absolute Gasteiger partial charge is 0.358 e. The fraction of sp³-hybridized carbons (Fsp3) is 0.667. The van der Waals surface area contributed by atoms with Crippen molar-refractivity contribution < 1.29 is 23.1 Å². The minimum absolute atomic E-state index is 0.120. The van der Waals surface area contributed by atoms with E-state index < -0.39 is 16.0 Å². The van der Waals surface area contributed by atoms with Gasteiger partial charge >= 0.3 is 5.97 Å². The number of carbonyl (C=O) groups excluding carboxylic acids is 1. The first-order valence-electron chi connectivity index (χ1n) is 6.63. The summed E-state index contributed by atoms with van der Waals surface area (Å²) in [7, 11) is -2.59. The molecule has 0 spiro atoms. The average Bonchev–Trinajstić information content (AvgIpc) is 2.96. The molecule has 0 saturated heterocycles. The Bertz CT molecular complexity index is 591. The lowest BCUT2D eigenvalue weighted by atomic mass is 9.88. The number of aliphatic hydroxyl groups excluding tert-OH is 1. The Morgan fingerprint density at radius 1 is 1.48 bits per heavy atom. The minimum Gasteiger partial charge on any atom is -0.464 e. The van der Waals surface area contributed by atoms with Crippen LogP contribution in [0.25, 0.3) is 0 Å². The molecule has 9 heteroatoms. The van der Waals surface area contributed by atoms with Crippen molar-refractivity contribution in [3.63, 3.8) is 0 Å². The summed E-state index contributed by atoms with van der Waals surface area (Å²) >= 11 is 0.885. The second-order valence-electron chi connectivity index (χ2n) is 5.01. The molecule has 7 nitrogen and oxygen atoms in total. The van der Waals surface area contributed by atoms with E-state index in [1.807, 2.05) is 0 Å². The molecule has 0 amide bonds. The lowest BCUT2D eigenvalue weighted by Gasteiger charge is -2.25. The zero-order valence-electron chi connectivity index (χ0n) is 11.6. The number of nitrogens with one attached hydrogen (secondary N) is 1. The van der Waals surface area contributed by atoms with Gasteiger partial charge in [-0.3, -0.25) is 0 Å². The van der Waals surface area contributed by atoms with E-state index in [0.717, 1.165) is 24.2 Å². The van der Waals surface area contributed by atoms with Crippen LogP contribution in [0.15, 0.2) is 9.72 Å². The first kappa shape index (κ1) is 16.3. The van der Waals surface area contributed by atoms with Crippen LogP contribution in [-0.2, 0) is 14.8 Å². The molecule has 1 aliphatic carbocycles. The topological polar surface area (TPSA) is 106 Å². The second kappa shape index (κ2) is 6.82. The first-order chi connectivity index (χ1) is 9.94. The molecule has 2 rings (SSSR count). The number of hydrogen-bond acceptors (Lipinski definition) is 7. The van der Waals surface area contributed by atoms with Crippen molar-refractivity contribution in [2.75, 3.05) is 13.7 Å². The molecule has 1 heterocycles. The fourth-order valence-corrected chi connectivity index (χ4v) is 4.59. The zero-order valence-corrected chi connectivity index (χ0v) is 13.2. The summed E-state index contributed by atoms with van der Waals surface area (Å²) in [6.45, 7) is 0.299. The Morgan fingerprint density at radius 3 is 2.76 bits per heavy atom. The van der Waals surface area contributed by atoms with Crippen molar-refractivity contribution in [3.05, 3.63) is 11.2 Å². The number of aliphatic hydroxyl groups is 1. The molecule has 118 valence electrons. The van der Waals surface area contributed by atoms with Crippen LogP contribution >= 0.6 is 11.3 Å². The summed E-state index contributed by atoms with van der Waals surface area (Å²) in [5, 5.41) is 9.43. The highest BCUT2D eigenvalue weighted by Gasteiger charge is 2.28. The lowest BCUT2D eigenvalue weighted by Crippen LogP contribution is -2.32. The van der Waals surface area contributed by atoms with Gasteiger partial charge in [-0.1, -0.05) is 0 Å². The van der Waals surface area contributed by atoms with Gasteiger partial charge < -0.3 is 9.84 Å². The predicted octanol–water partition coefficient (Wildman–Crippen LogP) is 0.759. The number of sulfonamides is 1. The van der Waals surface area contributed by atoms with Crippen molar-refractivity contribution in [1.82, 2.24) is 9.71 Å². The molecular weight excluding hydrogens is 316 g/mol. The van der Waals surface area contributed by atoms with E-state index in [9.17, 15) is 18.3 Å². The van der Waals surface area contributed by atoms with Crippen molar-refractivity contribution >= 4 is 27.3 Å². The van der Waals surface area contributed by atoms with Gasteiger partial charge in [0.15, 0.2) is 9.90 Å². The van der Waals surface area contributed by atoms with Crippen LogP contribution in [0.1, 0.15) is 36.2 Å². The van der Waals surface area contributed by atoms with Crippen LogP contribution < -0.4 is 4.72 Å². The van der Waals surface area contributed by atoms with Gasteiger partial charge in [0.1, 0.15) is 0 Å². The predicted molar refractivity (Wildman–Crippen MR) is 76.6 cm³/mol. The van der Waals surface area contributed by atoms with Gasteiger partial charge in [0.2, 0.25) is 0 Å². The summed E-state index contributed by atoms with van der Waals surface area (Å²) in [6, 6.07) is 0. The highest BCUT2D eigenvalue weighted by atomic mass is 32.2. The largest absolute Gasteiger partial charge is 0.464 e. The number of carbonyl (C=O) groups is 1. The molecular formula is C12H18N2O5S2. The maximum absolute atomic E-state index is 12.2. The van der Waals surface area contributed by atoms with Gasteiger partial charge in [-0.05, 0) is 31.6 Å². The number of esters is 1. The Hall–Kier alpha value is -1.03. The Morgan fingerprint density at radius 2 is 2.14 bits per heavy atom. The molecule has 0 unspecified atom stereocenters.